The molecule has 0 unspecified atom stereocenters. The molecule has 0 atom stereocenters. The monoisotopic (exact) mass is 551 g/mol. The van der Waals surface area contributed by atoms with Crippen LogP contribution in [-0.4, -0.2) is 4.40 Å². The van der Waals surface area contributed by atoms with Crippen LogP contribution in [0.1, 0.15) is 92.7 Å². The van der Waals surface area contributed by atoms with Gasteiger partial charge in [0.05, 0.1) is 27.3 Å². The molecule has 0 aliphatic rings. The van der Waals surface area contributed by atoms with E-state index in [-0.39, 0.29) is 0 Å². The number of aromatic nitrogens is 2. The summed E-state index contributed by atoms with van der Waals surface area (Å²) in [6.07, 6.45) is 2.26. The van der Waals surface area contributed by atoms with Crippen molar-refractivity contribution in [3.05, 3.63) is 94.2 Å². The third kappa shape index (κ3) is 3.60. The van der Waals surface area contributed by atoms with Crippen molar-refractivity contribution in [1.82, 2.24) is 4.40 Å². The fourth-order valence-corrected chi connectivity index (χ4v) is 7.57. The molecule has 0 spiro atoms. The zero-order valence-corrected chi connectivity index (χ0v) is 26.9. The van der Waals surface area contributed by atoms with Crippen LogP contribution in [0.25, 0.3) is 60.1 Å². The average molecular weight is 552 g/mol. The molecule has 0 fully saturated rings. The first-order valence-corrected chi connectivity index (χ1v) is 15.7. The first kappa shape index (κ1) is 27.0. The lowest BCUT2D eigenvalue weighted by Crippen LogP contribution is -2.29. The first-order valence-electron chi connectivity index (χ1n) is 15.7. The molecule has 212 valence electrons. The van der Waals surface area contributed by atoms with Gasteiger partial charge in [-0.25, -0.2) is 4.57 Å². The first-order chi connectivity index (χ1) is 20.0. The number of pyridine rings is 2. The normalized spacial score (nSPS) is 12.7. The lowest BCUT2D eigenvalue weighted by Gasteiger charge is -2.24. The molecule has 42 heavy (non-hydrogen) atoms. The number of nitrogens with zero attached hydrogens (tertiary/aromatic N) is 2. The van der Waals surface area contributed by atoms with Crippen LogP contribution in [0.3, 0.4) is 0 Å². The van der Waals surface area contributed by atoms with Crippen LogP contribution in [0.15, 0.2) is 60.8 Å². The van der Waals surface area contributed by atoms with Gasteiger partial charge in [0, 0.05) is 16.8 Å². The average Bonchev–Trinajstić information content (AvgIpc) is 3.28. The Morgan fingerprint density at radius 3 is 2.00 bits per heavy atom. The van der Waals surface area contributed by atoms with E-state index < -0.39 is 0 Å². The fraction of sp³-hybridized carbons (Fsp3) is 0.325. The minimum atomic E-state index is 0.431. The lowest BCUT2D eigenvalue weighted by atomic mass is 9.81. The maximum Gasteiger partial charge on any atom is 0.224 e. The summed E-state index contributed by atoms with van der Waals surface area (Å²) in [4.78, 5) is 0. The molecule has 2 heteroatoms. The van der Waals surface area contributed by atoms with Crippen LogP contribution in [0.5, 0.6) is 0 Å². The van der Waals surface area contributed by atoms with Crippen LogP contribution in [0, 0.1) is 20.8 Å². The maximum atomic E-state index is 2.59. The molecule has 7 rings (SSSR count). The SMILES string of the molecule is Cc1cc2c3c(C)cccc3n3c4cc(-c5c(C(C)C)cc(C(C)C)cc5C(C)C)cc5cc[n+](C)c(c(c1C)c23)c54. The van der Waals surface area contributed by atoms with Crippen molar-refractivity contribution in [3.8, 4) is 11.1 Å². The van der Waals surface area contributed by atoms with E-state index in [2.05, 4.69) is 139 Å². The number of benzene rings is 4. The molecule has 4 aromatic carbocycles. The van der Waals surface area contributed by atoms with Gasteiger partial charge in [-0.15, -0.1) is 0 Å². The zero-order valence-electron chi connectivity index (χ0n) is 26.9. The molecule has 0 bridgehead atoms. The van der Waals surface area contributed by atoms with Crippen molar-refractivity contribution in [1.29, 1.82) is 0 Å². The summed E-state index contributed by atoms with van der Waals surface area (Å²) in [7, 11) is 2.21. The molecule has 0 saturated heterocycles. The van der Waals surface area contributed by atoms with Gasteiger partial charge in [0.2, 0.25) is 5.52 Å². The second-order valence-corrected chi connectivity index (χ2v) is 13.7. The van der Waals surface area contributed by atoms with Crippen LogP contribution >= 0.6 is 0 Å². The minimum absolute atomic E-state index is 0.431. The lowest BCUT2D eigenvalue weighted by molar-refractivity contribution is -0.643. The van der Waals surface area contributed by atoms with Crippen LogP contribution in [0.2, 0.25) is 0 Å². The van der Waals surface area contributed by atoms with Gasteiger partial charge in [-0.3, -0.25) is 0 Å². The Morgan fingerprint density at radius 2 is 1.36 bits per heavy atom. The van der Waals surface area contributed by atoms with Crippen LogP contribution in [0.4, 0.5) is 0 Å². The van der Waals surface area contributed by atoms with E-state index in [9.17, 15) is 0 Å². The van der Waals surface area contributed by atoms with Crippen molar-refractivity contribution in [3.63, 3.8) is 0 Å². The van der Waals surface area contributed by atoms with Gasteiger partial charge in [0.25, 0.3) is 0 Å². The second-order valence-electron chi connectivity index (χ2n) is 13.7. The minimum Gasteiger partial charge on any atom is -0.307 e. The van der Waals surface area contributed by atoms with E-state index in [1.165, 1.54) is 93.5 Å². The molecule has 0 saturated carbocycles. The standard InChI is InChI=1S/C40H43N2/c1-21(2)28-18-30(22(3)4)37(31(19-28)23(5)6)29-17-27-14-15-41(10)40-36-26(9)25(8)16-32-35-24(7)12-11-13-33(35)42(39(32)36)34(20-29)38(27)40/h11-23H,1-10H3/q+1. The smallest absolute Gasteiger partial charge is 0.224 e. The molecule has 7 aromatic rings. The second kappa shape index (κ2) is 9.30. The number of fused-ring (bicyclic) bond motifs is 5. The summed E-state index contributed by atoms with van der Waals surface area (Å²) >= 11 is 0. The third-order valence-corrected chi connectivity index (χ3v) is 9.92. The van der Waals surface area contributed by atoms with E-state index in [4.69, 9.17) is 0 Å². The van der Waals surface area contributed by atoms with Crippen LogP contribution < -0.4 is 4.57 Å². The largest absolute Gasteiger partial charge is 0.307 e. The van der Waals surface area contributed by atoms with Crippen molar-refractivity contribution >= 4 is 49.0 Å². The highest BCUT2D eigenvalue weighted by Crippen LogP contribution is 2.45. The highest BCUT2D eigenvalue weighted by molar-refractivity contribution is 6.27. The molecular formula is C40H43N2+. The van der Waals surface area contributed by atoms with Gasteiger partial charge >= 0.3 is 0 Å². The van der Waals surface area contributed by atoms with Gasteiger partial charge in [0.1, 0.15) is 7.05 Å². The zero-order chi connectivity index (χ0) is 29.8. The molecule has 0 aliphatic heterocycles. The van der Waals surface area contributed by atoms with Gasteiger partial charge in [0.15, 0.2) is 6.20 Å². The Hall–Kier alpha value is -3.91. The fourth-order valence-electron chi connectivity index (χ4n) is 7.57. The highest BCUT2D eigenvalue weighted by Gasteiger charge is 2.27. The summed E-state index contributed by atoms with van der Waals surface area (Å²) in [5, 5.41) is 6.77. The van der Waals surface area contributed by atoms with E-state index in [0.717, 1.165) is 0 Å². The molecule has 0 radical (unpaired) electrons. The molecule has 0 N–H and O–H groups in total. The summed E-state index contributed by atoms with van der Waals surface area (Å²) in [5.41, 5.74) is 16.4. The van der Waals surface area contributed by atoms with Crippen molar-refractivity contribution < 1.29 is 4.57 Å². The maximum absolute atomic E-state index is 2.59. The number of hydrogen-bond acceptors (Lipinski definition) is 0. The predicted molar refractivity (Wildman–Crippen MR) is 182 cm³/mol. The van der Waals surface area contributed by atoms with Crippen molar-refractivity contribution in [2.75, 3.05) is 0 Å². The van der Waals surface area contributed by atoms with Crippen molar-refractivity contribution in [2.24, 2.45) is 7.05 Å². The summed E-state index contributed by atoms with van der Waals surface area (Å²) in [5.74, 6) is 1.36. The molecule has 0 aliphatic carbocycles. The predicted octanol–water partition coefficient (Wildman–Crippen LogP) is 10.8. The van der Waals surface area contributed by atoms with Crippen molar-refractivity contribution in [2.45, 2.75) is 80.1 Å². The molecule has 0 amide bonds. The van der Waals surface area contributed by atoms with Gasteiger partial charge in [-0.2, -0.15) is 0 Å². The molecule has 3 heterocycles. The summed E-state index contributed by atoms with van der Waals surface area (Å²) < 4.78 is 4.93. The quantitative estimate of drug-likeness (QED) is 0.117. The number of rotatable bonds is 4. The van der Waals surface area contributed by atoms with Gasteiger partial charge < -0.3 is 4.40 Å². The summed E-state index contributed by atoms with van der Waals surface area (Å²) in [6, 6.07) is 21.5. The molecular weight excluding hydrogens is 508 g/mol. The van der Waals surface area contributed by atoms with E-state index in [0.29, 0.717) is 17.8 Å². The Bertz CT molecular complexity index is 2180. The Labute approximate surface area is 249 Å². The van der Waals surface area contributed by atoms with E-state index in [1.807, 2.05) is 0 Å². The Kier molecular flexibility index (Phi) is 5.97. The molecule has 2 nitrogen and oxygen atoms in total. The van der Waals surface area contributed by atoms with E-state index >= 15 is 0 Å². The van der Waals surface area contributed by atoms with Crippen LogP contribution in [-0.2, 0) is 7.05 Å². The number of aryl methyl sites for hydroxylation is 4. The highest BCUT2D eigenvalue weighted by atomic mass is 15.0. The Balaban J connectivity index is 1.76. The Morgan fingerprint density at radius 1 is 0.667 bits per heavy atom. The topological polar surface area (TPSA) is 8.29 Å². The van der Waals surface area contributed by atoms with E-state index in [1.54, 1.807) is 0 Å². The van der Waals surface area contributed by atoms with Gasteiger partial charge in [-0.05, 0) is 113 Å². The third-order valence-electron chi connectivity index (χ3n) is 9.92. The number of hydrogen-bond donors (Lipinski definition) is 0. The molecule has 3 aromatic heterocycles. The van der Waals surface area contributed by atoms with Gasteiger partial charge in [-0.1, -0.05) is 65.8 Å². The summed E-state index contributed by atoms with van der Waals surface area (Å²) in [6.45, 7) is 20.9.